The van der Waals surface area contributed by atoms with Crippen molar-refractivity contribution in [3.05, 3.63) is 79.3 Å². The van der Waals surface area contributed by atoms with E-state index in [0.717, 1.165) is 16.7 Å². The van der Waals surface area contributed by atoms with Crippen molar-refractivity contribution in [1.82, 2.24) is 9.13 Å². The van der Waals surface area contributed by atoms with Gasteiger partial charge in [-0.1, -0.05) is 23.7 Å². The van der Waals surface area contributed by atoms with Gasteiger partial charge in [0.25, 0.3) is 5.56 Å². The Kier molecular flexibility index (Phi) is 7.23. The van der Waals surface area contributed by atoms with Crippen LogP contribution in [0.4, 0.5) is 4.39 Å². The first kappa shape index (κ1) is 24.1. The molecule has 33 heavy (non-hydrogen) atoms. The first-order chi connectivity index (χ1) is 15.6. The Morgan fingerprint density at radius 1 is 1.09 bits per heavy atom. The minimum absolute atomic E-state index is 0.0209. The highest BCUT2D eigenvalue weighted by molar-refractivity contribution is 6.32. The van der Waals surface area contributed by atoms with Crippen LogP contribution in [0.5, 0.6) is 17.2 Å². The van der Waals surface area contributed by atoms with Crippen molar-refractivity contribution in [1.29, 1.82) is 0 Å². The first-order valence-electron chi connectivity index (χ1n) is 9.99. The van der Waals surface area contributed by atoms with Gasteiger partial charge in [0.15, 0.2) is 18.1 Å². The quantitative estimate of drug-likeness (QED) is 0.483. The van der Waals surface area contributed by atoms with E-state index in [-0.39, 0.29) is 41.2 Å². The van der Waals surface area contributed by atoms with Crippen LogP contribution >= 0.6 is 11.6 Å². The summed E-state index contributed by atoms with van der Waals surface area (Å²) in [4.78, 5) is 37.1. The number of carbonyl (C=O) groups is 1. The lowest BCUT2D eigenvalue weighted by molar-refractivity contribution is -0.145. The third-order valence-corrected chi connectivity index (χ3v) is 5.31. The minimum Gasteiger partial charge on any atom is -0.478 e. The van der Waals surface area contributed by atoms with Gasteiger partial charge in [0, 0.05) is 24.4 Å². The molecule has 0 spiro atoms. The minimum atomic E-state index is -0.873. The zero-order valence-electron chi connectivity index (χ0n) is 18.5. The van der Waals surface area contributed by atoms with Gasteiger partial charge in [-0.05, 0) is 39.0 Å². The Bertz CT molecular complexity index is 1290. The summed E-state index contributed by atoms with van der Waals surface area (Å²) in [7, 11) is 1.49. The molecule has 0 saturated heterocycles. The molecule has 3 aromatic rings. The predicted octanol–water partition coefficient (Wildman–Crippen LogP) is 3.68. The first-order valence-corrected chi connectivity index (χ1v) is 10.4. The maximum atomic E-state index is 14.8. The topological polar surface area (TPSA) is 88.8 Å². The second-order valence-electron chi connectivity index (χ2n) is 7.07. The molecule has 0 aliphatic heterocycles. The van der Waals surface area contributed by atoms with E-state index in [1.54, 1.807) is 45.0 Å². The molecule has 0 aliphatic rings. The highest BCUT2D eigenvalue weighted by Gasteiger charge is 2.19. The molecule has 8 nitrogen and oxygen atoms in total. The number of hydrogen-bond acceptors (Lipinski definition) is 6. The van der Waals surface area contributed by atoms with Crippen molar-refractivity contribution >= 4 is 17.6 Å². The SMILES string of the molecule is CCOC(=O)COc1ccccc1Oc1cc(-n2c(=O)c(C)c(C)n(C)c2=O)c(F)cc1Cl. The average molecular weight is 477 g/mol. The molecule has 0 radical (unpaired) electrons. The fourth-order valence-corrected chi connectivity index (χ4v) is 3.24. The van der Waals surface area contributed by atoms with Crippen LogP contribution in [0.15, 0.2) is 46.0 Å². The zero-order chi connectivity index (χ0) is 24.3. The van der Waals surface area contributed by atoms with E-state index in [2.05, 4.69) is 0 Å². The van der Waals surface area contributed by atoms with E-state index in [1.165, 1.54) is 11.6 Å². The Hall–Kier alpha value is -3.59. The Morgan fingerprint density at radius 3 is 2.42 bits per heavy atom. The lowest BCUT2D eigenvalue weighted by Crippen LogP contribution is -2.40. The highest BCUT2D eigenvalue weighted by atomic mass is 35.5. The summed E-state index contributed by atoms with van der Waals surface area (Å²) in [5.41, 5.74) is -0.909. The van der Waals surface area contributed by atoms with Gasteiger partial charge in [-0.15, -0.1) is 0 Å². The van der Waals surface area contributed by atoms with E-state index in [9.17, 15) is 18.8 Å². The summed E-state index contributed by atoms with van der Waals surface area (Å²) < 4.78 is 32.9. The normalized spacial score (nSPS) is 10.7. The van der Waals surface area contributed by atoms with E-state index >= 15 is 0 Å². The number of rotatable bonds is 7. The van der Waals surface area contributed by atoms with Gasteiger partial charge >= 0.3 is 11.7 Å². The molecule has 174 valence electrons. The molecule has 0 aliphatic carbocycles. The number of ether oxygens (including phenoxy) is 3. The summed E-state index contributed by atoms with van der Waals surface area (Å²) in [6, 6.07) is 8.57. The van der Waals surface area contributed by atoms with Crippen molar-refractivity contribution in [2.24, 2.45) is 7.05 Å². The molecular formula is C23H22ClFN2O6. The molecule has 0 unspecified atom stereocenters. The number of aromatic nitrogens is 2. The summed E-state index contributed by atoms with van der Waals surface area (Å²) >= 11 is 6.18. The largest absolute Gasteiger partial charge is 0.478 e. The Morgan fingerprint density at radius 2 is 1.76 bits per heavy atom. The van der Waals surface area contributed by atoms with Crippen molar-refractivity contribution in [3.63, 3.8) is 0 Å². The van der Waals surface area contributed by atoms with Crippen LogP contribution in [-0.2, 0) is 16.6 Å². The van der Waals surface area contributed by atoms with Gasteiger partial charge in [-0.25, -0.2) is 18.5 Å². The van der Waals surface area contributed by atoms with Crippen molar-refractivity contribution in [2.45, 2.75) is 20.8 Å². The molecule has 0 fully saturated rings. The van der Waals surface area contributed by atoms with Crippen LogP contribution < -0.4 is 20.7 Å². The zero-order valence-corrected chi connectivity index (χ0v) is 19.2. The van der Waals surface area contributed by atoms with Crippen molar-refractivity contribution in [3.8, 4) is 22.9 Å². The number of para-hydroxylation sites is 2. The van der Waals surface area contributed by atoms with Crippen LogP contribution in [0, 0.1) is 19.7 Å². The molecule has 1 aromatic heterocycles. The van der Waals surface area contributed by atoms with Gasteiger partial charge in [0.05, 0.1) is 17.3 Å². The fourth-order valence-electron chi connectivity index (χ4n) is 3.05. The molecule has 0 bridgehead atoms. The van der Waals surface area contributed by atoms with E-state index in [1.807, 2.05) is 0 Å². The van der Waals surface area contributed by atoms with Crippen LogP contribution in [0.25, 0.3) is 5.69 Å². The number of esters is 1. The predicted molar refractivity (Wildman–Crippen MR) is 120 cm³/mol. The molecule has 0 amide bonds. The second kappa shape index (κ2) is 9.91. The van der Waals surface area contributed by atoms with Crippen LogP contribution in [0.2, 0.25) is 5.02 Å². The third kappa shape index (κ3) is 4.93. The monoisotopic (exact) mass is 476 g/mol. The third-order valence-electron chi connectivity index (χ3n) is 5.01. The molecule has 0 saturated carbocycles. The van der Waals surface area contributed by atoms with Gasteiger partial charge in [-0.2, -0.15) is 0 Å². The van der Waals surface area contributed by atoms with E-state index in [0.29, 0.717) is 11.3 Å². The summed E-state index contributed by atoms with van der Waals surface area (Å²) in [6.45, 7) is 4.73. The smallest absolute Gasteiger partial charge is 0.344 e. The van der Waals surface area contributed by atoms with Gasteiger partial charge in [-0.3, -0.25) is 4.79 Å². The van der Waals surface area contributed by atoms with Gasteiger partial charge in [0.1, 0.15) is 11.6 Å². The van der Waals surface area contributed by atoms with Crippen molar-refractivity contribution in [2.75, 3.05) is 13.2 Å². The van der Waals surface area contributed by atoms with Crippen LogP contribution in [0.1, 0.15) is 18.2 Å². The summed E-state index contributed by atoms with van der Waals surface area (Å²) in [5.74, 6) is -1.05. The van der Waals surface area contributed by atoms with Gasteiger partial charge in [0.2, 0.25) is 0 Å². The number of carbonyl (C=O) groups excluding carboxylic acids is 1. The maximum absolute atomic E-state index is 14.8. The summed E-state index contributed by atoms with van der Waals surface area (Å²) in [6.07, 6.45) is 0. The lowest BCUT2D eigenvalue weighted by atomic mass is 10.2. The van der Waals surface area contributed by atoms with Gasteiger partial charge < -0.3 is 18.8 Å². The Labute approximate surface area is 193 Å². The van der Waals surface area contributed by atoms with Crippen LogP contribution in [-0.4, -0.2) is 28.3 Å². The van der Waals surface area contributed by atoms with E-state index < -0.39 is 23.0 Å². The fraction of sp³-hybridized carbons (Fsp3) is 0.261. The molecule has 0 atom stereocenters. The molecule has 3 rings (SSSR count). The highest BCUT2D eigenvalue weighted by Crippen LogP contribution is 2.36. The second-order valence-corrected chi connectivity index (χ2v) is 7.48. The maximum Gasteiger partial charge on any atom is 0.344 e. The lowest BCUT2D eigenvalue weighted by Gasteiger charge is -2.16. The standard InChI is InChI=1S/C23H22ClFN2O6/c1-5-31-21(28)12-32-18-8-6-7-9-19(18)33-20-11-17(16(25)10-15(20)24)27-22(29)13(2)14(3)26(4)23(27)30/h6-11H,5,12H2,1-4H3. The average Bonchev–Trinajstić information content (AvgIpc) is 2.79. The molecular weight excluding hydrogens is 455 g/mol. The summed E-state index contributed by atoms with van der Waals surface area (Å²) in [5, 5.41) is -0.0925. The van der Waals surface area contributed by atoms with Crippen LogP contribution in [0.3, 0.4) is 0 Å². The Balaban J connectivity index is 2.05. The molecule has 0 N–H and O–H groups in total. The number of nitrogens with zero attached hydrogens (tertiary/aromatic N) is 2. The number of halogens is 2. The number of benzene rings is 2. The number of hydrogen-bond donors (Lipinski definition) is 0. The van der Waals surface area contributed by atoms with Crippen molar-refractivity contribution < 1.29 is 23.4 Å². The molecule has 10 heteroatoms. The molecule has 2 aromatic carbocycles. The molecule has 1 heterocycles. The van der Waals surface area contributed by atoms with E-state index in [4.69, 9.17) is 25.8 Å².